The second-order valence-corrected chi connectivity index (χ2v) is 5.56. The summed E-state index contributed by atoms with van der Waals surface area (Å²) in [4.78, 5) is 25.1. The highest BCUT2D eigenvalue weighted by atomic mass is 16.2. The van der Waals surface area contributed by atoms with Gasteiger partial charge in [-0.2, -0.15) is 0 Å². The van der Waals surface area contributed by atoms with Crippen molar-refractivity contribution in [2.24, 2.45) is 5.41 Å². The highest BCUT2D eigenvalue weighted by Crippen LogP contribution is 2.31. The average molecular weight is 240 g/mol. The summed E-state index contributed by atoms with van der Waals surface area (Å²) in [6.07, 6.45) is 2.93. The van der Waals surface area contributed by atoms with Gasteiger partial charge < -0.3 is 5.32 Å². The quantitative estimate of drug-likeness (QED) is 0.566. The maximum Gasteiger partial charge on any atom is 0.229 e. The highest BCUT2D eigenvalue weighted by molar-refractivity contribution is 5.98. The number of piperidine rings is 1. The van der Waals surface area contributed by atoms with Crippen LogP contribution in [0.3, 0.4) is 0 Å². The van der Waals surface area contributed by atoms with Gasteiger partial charge >= 0.3 is 0 Å². The van der Waals surface area contributed by atoms with Gasteiger partial charge in [-0.25, -0.2) is 0 Å². The van der Waals surface area contributed by atoms with E-state index in [0.717, 1.165) is 25.9 Å². The number of nitrogens with zero attached hydrogens (tertiary/aromatic N) is 1. The molecule has 1 heterocycles. The fourth-order valence-electron chi connectivity index (χ4n) is 2.12. The summed E-state index contributed by atoms with van der Waals surface area (Å²) in [6, 6.07) is 0. The van der Waals surface area contributed by atoms with Crippen LogP contribution in [0.25, 0.3) is 0 Å². The van der Waals surface area contributed by atoms with Crippen molar-refractivity contribution in [3.8, 4) is 0 Å². The van der Waals surface area contributed by atoms with E-state index >= 15 is 0 Å². The molecular formula is C13H24N2O2. The molecule has 0 aromatic rings. The zero-order chi connectivity index (χ0) is 12.9. The molecule has 0 atom stereocenters. The zero-order valence-electron chi connectivity index (χ0n) is 11.2. The van der Waals surface area contributed by atoms with Gasteiger partial charge in [-0.1, -0.05) is 20.8 Å². The maximum absolute atomic E-state index is 11.8. The van der Waals surface area contributed by atoms with Crippen LogP contribution in [-0.4, -0.2) is 36.3 Å². The summed E-state index contributed by atoms with van der Waals surface area (Å²) >= 11 is 0. The number of rotatable bonds is 6. The number of hydrogen-bond donors (Lipinski definition) is 1. The lowest BCUT2D eigenvalue weighted by Gasteiger charge is -2.34. The molecular weight excluding hydrogens is 216 g/mol. The van der Waals surface area contributed by atoms with E-state index in [4.69, 9.17) is 0 Å². The normalized spacial score (nSPS) is 19.8. The summed E-state index contributed by atoms with van der Waals surface area (Å²) in [5.74, 6) is -0.0246. The predicted octanol–water partition coefficient (Wildman–Crippen LogP) is 1.55. The molecule has 0 aromatic heterocycles. The van der Waals surface area contributed by atoms with Gasteiger partial charge in [-0.15, -0.1) is 0 Å². The van der Waals surface area contributed by atoms with Crippen molar-refractivity contribution in [1.29, 1.82) is 0 Å². The van der Waals surface area contributed by atoms with Crippen LogP contribution in [0.4, 0.5) is 0 Å². The number of imide groups is 1. The first-order valence-electron chi connectivity index (χ1n) is 6.50. The lowest BCUT2D eigenvalue weighted by atomic mass is 9.82. The SMILES string of the molecule is CCCNCCCN1C(=O)CC(C)(C)CC1=O. The number of amides is 2. The zero-order valence-corrected chi connectivity index (χ0v) is 11.2. The minimum Gasteiger partial charge on any atom is -0.317 e. The van der Waals surface area contributed by atoms with Crippen molar-refractivity contribution >= 4 is 11.8 Å². The summed E-state index contributed by atoms with van der Waals surface area (Å²) in [5, 5.41) is 3.27. The fourth-order valence-corrected chi connectivity index (χ4v) is 2.12. The van der Waals surface area contributed by atoms with E-state index in [-0.39, 0.29) is 17.2 Å². The van der Waals surface area contributed by atoms with Gasteiger partial charge in [-0.3, -0.25) is 14.5 Å². The first-order valence-corrected chi connectivity index (χ1v) is 6.50. The van der Waals surface area contributed by atoms with Crippen LogP contribution in [0.2, 0.25) is 0 Å². The number of likely N-dealkylation sites (tertiary alicyclic amines) is 1. The van der Waals surface area contributed by atoms with Crippen LogP contribution in [0.5, 0.6) is 0 Å². The molecule has 0 unspecified atom stereocenters. The first kappa shape index (κ1) is 14.2. The van der Waals surface area contributed by atoms with E-state index in [1.54, 1.807) is 0 Å². The van der Waals surface area contributed by atoms with Crippen molar-refractivity contribution in [1.82, 2.24) is 10.2 Å². The lowest BCUT2D eigenvalue weighted by Crippen LogP contribution is -2.46. The van der Waals surface area contributed by atoms with E-state index < -0.39 is 0 Å². The summed E-state index contributed by atoms with van der Waals surface area (Å²) in [5.41, 5.74) is -0.162. The smallest absolute Gasteiger partial charge is 0.229 e. The van der Waals surface area contributed by atoms with E-state index in [1.165, 1.54) is 4.90 Å². The topological polar surface area (TPSA) is 49.4 Å². The molecule has 98 valence electrons. The molecule has 1 saturated heterocycles. The molecule has 0 bridgehead atoms. The van der Waals surface area contributed by atoms with E-state index in [2.05, 4.69) is 12.2 Å². The first-order chi connectivity index (χ1) is 7.96. The third-order valence-corrected chi connectivity index (χ3v) is 3.02. The molecule has 1 N–H and O–H groups in total. The molecule has 0 aromatic carbocycles. The summed E-state index contributed by atoms with van der Waals surface area (Å²) in [7, 11) is 0. The summed E-state index contributed by atoms with van der Waals surface area (Å²) in [6.45, 7) is 8.49. The van der Waals surface area contributed by atoms with Gasteiger partial charge in [0.25, 0.3) is 0 Å². The number of hydrogen-bond acceptors (Lipinski definition) is 3. The van der Waals surface area contributed by atoms with Gasteiger partial charge in [0.1, 0.15) is 0 Å². The molecule has 2 amide bonds. The largest absolute Gasteiger partial charge is 0.317 e. The van der Waals surface area contributed by atoms with Crippen molar-refractivity contribution in [2.75, 3.05) is 19.6 Å². The van der Waals surface area contributed by atoms with Crippen LogP contribution in [-0.2, 0) is 9.59 Å². The highest BCUT2D eigenvalue weighted by Gasteiger charge is 2.36. The predicted molar refractivity (Wildman–Crippen MR) is 67.5 cm³/mol. The molecule has 4 heteroatoms. The third kappa shape index (κ3) is 4.46. The van der Waals surface area contributed by atoms with Crippen molar-refractivity contribution < 1.29 is 9.59 Å². The van der Waals surface area contributed by atoms with Gasteiger partial charge in [-0.05, 0) is 31.3 Å². The number of carbonyl (C=O) groups excluding carboxylic acids is 2. The molecule has 0 saturated carbocycles. The molecule has 1 aliphatic heterocycles. The standard InChI is InChI=1S/C13H24N2O2/c1-4-6-14-7-5-8-15-11(16)9-13(2,3)10-12(15)17/h14H,4-10H2,1-3H3. The Balaban J connectivity index is 2.33. The monoisotopic (exact) mass is 240 g/mol. The molecule has 4 nitrogen and oxygen atoms in total. The van der Waals surface area contributed by atoms with Crippen molar-refractivity contribution in [3.05, 3.63) is 0 Å². The van der Waals surface area contributed by atoms with E-state index in [0.29, 0.717) is 19.4 Å². The van der Waals surface area contributed by atoms with Crippen LogP contribution >= 0.6 is 0 Å². The molecule has 0 spiro atoms. The van der Waals surface area contributed by atoms with Crippen molar-refractivity contribution in [2.45, 2.75) is 46.5 Å². The fraction of sp³-hybridized carbons (Fsp3) is 0.846. The molecule has 17 heavy (non-hydrogen) atoms. The van der Waals surface area contributed by atoms with Gasteiger partial charge in [0.2, 0.25) is 11.8 Å². The Bertz CT molecular complexity index is 267. The maximum atomic E-state index is 11.8. The Morgan fingerprint density at radius 2 is 1.76 bits per heavy atom. The molecule has 0 aliphatic carbocycles. The minimum atomic E-state index is -0.162. The van der Waals surface area contributed by atoms with Gasteiger partial charge in [0, 0.05) is 19.4 Å². The Morgan fingerprint density at radius 3 is 2.29 bits per heavy atom. The average Bonchev–Trinajstić information content (AvgIpc) is 2.19. The third-order valence-electron chi connectivity index (χ3n) is 3.02. The van der Waals surface area contributed by atoms with Gasteiger partial charge in [0.05, 0.1) is 0 Å². The van der Waals surface area contributed by atoms with E-state index in [1.807, 2.05) is 13.8 Å². The Hall–Kier alpha value is -0.900. The number of carbonyl (C=O) groups is 2. The second-order valence-electron chi connectivity index (χ2n) is 5.56. The lowest BCUT2D eigenvalue weighted by molar-refractivity contribution is -0.152. The second kappa shape index (κ2) is 6.15. The Labute approximate surface area is 104 Å². The molecule has 1 aliphatic rings. The van der Waals surface area contributed by atoms with Gasteiger partial charge in [0.15, 0.2) is 0 Å². The van der Waals surface area contributed by atoms with Crippen LogP contribution in [0.1, 0.15) is 46.5 Å². The van der Waals surface area contributed by atoms with E-state index in [9.17, 15) is 9.59 Å². The number of nitrogens with one attached hydrogen (secondary N) is 1. The molecule has 0 radical (unpaired) electrons. The molecule has 1 rings (SSSR count). The summed E-state index contributed by atoms with van der Waals surface area (Å²) < 4.78 is 0. The van der Waals surface area contributed by atoms with Crippen LogP contribution in [0.15, 0.2) is 0 Å². The van der Waals surface area contributed by atoms with Crippen LogP contribution < -0.4 is 5.32 Å². The minimum absolute atomic E-state index is 0.0123. The van der Waals surface area contributed by atoms with Crippen molar-refractivity contribution in [3.63, 3.8) is 0 Å². The van der Waals surface area contributed by atoms with Crippen LogP contribution in [0, 0.1) is 5.41 Å². The Morgan fingerprint density at radius 1 is 1.18 bits per heavy atom. The Kier molecular flexibility index (Phi) is 5.12. The molecule has 1 fully saturated rings.